The van der Waals surface area contributed by atoms with E-state index in [-0.39, 0.29) is 17.9 Å². The summed E-state index contributed by atoms with van der Waals surface area (Å²) >= 11 is 0. The zero-order valence-corrected chi connectivity index (χ0v) is 18.1. The van der Waals surface area contributed by atoms with Crippen LogP contribution in [0.3, 0.4) is 0 Å². The Balaban J connectivity index is 1.44. The summed E-state index contributed by atoms with van der Waals surface area (Å²) in [5.74, 6) is 1.33. The molecule has 4 aromatic rings. The van der Waals surface area contributed by atoms with Crippen LogP contribution in [0.5, 0.6) is 11.8 Å². The van der Waals surface area contributed by atoms with Crippen LogP contribution in [-0.4, -0.2) is 57.1 Å². The summed E-state index contributed by atoms with van der Waals surface area (Å²) in [5, 5.41) is 7.72. The number of aromatic nitrogens is 5. The normalized spacial score (nSPS) is 18.3. The van der Waals surface area contributed by atoms with Crippen molar-refractivity contribution in [1.29, 1.82) is 0 Å². The lowest BCUT2D eigenvalue weighted by molar-refractivity contribution is 0.440. The molecule has 33 heavy (non-hydrogen) atoms. The summed E-state index contributed by atoms with van der Waals surface area (Å²) in [4.78, 5) is 23.3. The van der Waals surface area contributed by atoms with Crippen molar-refractivity contribution >= 4 is 39.4 Å². The second-order valence-electron chi connectivity index (χ2n) is 8.56. The number of anilines is 3. The Morgan fingerprint density at radius 1 is 1.18 bits per heavy atom. The maximum absolute atomic E-state index is 14.4. The van der Waals surface area contributed by atoms with Crippen LogP contribution >= 0.6 is 0 Å². The Hall–Kier alpha value is -3.73. The monoisotopic (exact) mass is 449 g/mol. The number of nitrogens with two attached hydrogens (primary N) is 1. The van der Waals surface area contributed by atoms with Crippen LogP contribution in [0.1, 0.15) is 19.3 Å². The minimum absolute atomic E-state index is 0.0501. The van der Waals surface area contributed by atoms with Gasteiger partial charge in [-0.15, -0.1) is 0 Å². The van der Waals surface area contributed by atoms with Gasteiger partial charge in [0.15, 0.2) is 5.75 Å². The van der Waals surface area contributed by atoms with Crippen LogP contribution in [0, 0.1) is 5.82 Å². The van der Waals surface area contributed by atoms with Gasteiger partial charge in [-0.1, -0.05) is 0 Å². The average Bonchev–Trinajstić information content (AvgIpc) is 3.39. The molecule has 0 bridgehead atoms. The van der Waals surface area contributed by atoms with Gasteiger partial charge in [0.05, 0.1) is 29.0 Å². The zero-order chi connectivity index (χ0) is 22.5. The lowest BCUT2D eigenvalue weighted by atomic mass is 10.1. The number of nitrogens with zero attached hydrogens (tertiary/aromatic N) is 5. The molecule has 5 N–H and O–H groups in total. The third kappa shape index (κ3) is 3.74. The molecule has 0 amide bonds. The van der Waals surface area contributed by atoms with Gasteiger partial charge in [-0.2, -0.15) is 9.97 Å². The van der Waals surface area contributed by atoms with Crippen molar-refractivity contribution in [2.24, 2.45) is 5.73 Å². The smallest absolute Gasteiger partial charge is 0.326 e. The van der Waals surface area contributed by atoms with Gasteiger partial charge in [-0.05, 0) is 31.4 Å². The molecule has 0 spiro atoms. The molecular formula is C22H24FN9O. The number of H-pyrrole nitrogens is 1. The summed E-state index contributed by atoms with van der Waals surface area (Å²) in [7, 11) is 1.75. The van der Waals surface area contributed by atoms with Crippen LogP contribution < -0.4 is 26.0 Å². The van der Waals surface area contributed by atoms with E-state index in [9.17, 15) is 4.39 Å². The third-order valence-corrected chi connectivity index (χ3v) is 6.03. The van der Waals surface area contributed by atoms with Crippen molar-refractivity contribution in [2.75, 3.05) is 35.7 Å². The highest BCUT2D eigenvalue weighted by Gasteiger charge is 2.26. The number of halogens is 1. The van der Waals surface area contributed by atoms with E-state index in [1.807, 2.05) is 0 Å². The van der Waals surface area contributed by atoms with Crippen LogP contribution in [0.25, 0.3) is 21.9 Å². The van der Waals surface area contributed by atoms with Gasteiger partial charge in [0.25, 0.3) is 0 Å². The van der Waals surface area contributed by atoms with Crippen LogP contribution in [-0.2, 0) is 0 Å². The summed E-state index contributed by atoms with van der Waals surface area (Å²) in [6.07, 6.45) is 6.32. The molecule has 3 aromatic heterocycles. The van der Waals surface area contributed by atoms with Crippen molar-refractivity contribution in [3.05, 3.63) is 30.3 Å². The van der Waals surface area contributed by atoms with Gasteiger partial charge in [-0.25, -0.2) is 14.4 Å². The van der Waals surface area contributed by atoms with Gasteiger partial charge in [-0.3, -0.25) is 0 Å². The highest BCUT2D eigenvalue weighted by atomic mass is 19.1. The minimum atomic E-state index is -0.339. The first kappa shape index (κ1) is 19.9. The molecule has 0 radical (unpaired) electrons. The number of ether oxygens (including phenoxy) is 1. The van der Waals surface area contributed by atoms with E-state index in [4.69, 9.17) is 15.5 Å². The van der Waals surface area contributed by atoms with Crippen LogP contribution in [0.4, 0.5) is 21.8 Å². The second kappa shape index (κ2) is 7.69. The number of fused-ring (bicyclic) bond motifs is 3. The van der Waals surface area contributed by atoms with Crippen LogP contribution in [0.15, 0.2) is 24.5 Å². The Morgan fingerprint density at radius 2 is 2.00 bits per heavy atom. The molecule has 4 heterocycles. The molecule has 1 atom stereocenters. The molecular weight excluding hydrogens is 425 g/mol. The number of rotatable bonds is 6. The third-order valence-electron chi connectivity index (χ3n) is 6.03. The first-order valence-corrected chi connectivity index (χ1v) is 11.0. The predicted octanol–water partition coefficient (Wildman–Crippen LogP) is 2.99. The Kier molecular flexibility index (Phi) is 4.64. The molecule has 1 aliphatic heterocycles. The van der Waals surface area contributed by atoms with Crippen molar-refractivity contribution in [2.45, 2.75) is 31.3 Å². The first-order valence-electron chi connectivity index (χ1n) is 11.0. The highest BCUT2D eigenvalue weighted by molar-refractivity contribution is 6.14. The molecule has 11 heteroatoms. The molecule has 10 nitrogen and oxygen atoms in total. The minimum Gasteiger partial charge on any atom is -0.421 e. The molecule has 170 valence electrons. The van der Waals surface area contributed by atoms with E-state index in [2.05, 4.69) is 35.5 Å². The summed E-state index contributed by atoms with van der Waals surface area (Å²) in [5.41, 5.74) is 8.11. The molecule has 1 aliphatic carbocycles. The summed E-state index contributed by atoms with van der Waals surface area (Å²) < 4.78 is 20.3. The number of hydrogen-bond donors (Lipinski definition) is 4. The van der Waals surface area contributed by atoms with Gasteiger partial charge in [0, 0.05) is 37.6 Å². The van der Waals surface area contributed by atoms with Crippen molar-refractivity contribution in [1.82, 2.24) is 24.9 Å². The first-order chi connectivity index (χ1) is 16.1. The van der Waals surface area contributed by atoms with Crippen molar-refractivity contribution in [3.63, 3.8) is 0 Å². The van der Waals surface area contributed by atoms with E-state index >= 15 is 0 Å². The van der Waals surface area contributed by atoms with Crippen molar-refractivity contribution < 1.29 is 9.13 Å². The van der Waals surface area contributed by atoms with E-state index in [0.717, 1.165) is 36.7 Å². The quantitative estimate of drug-likeness (QED) is 0.351. The standard InChI is InChI=1S/C22H24FN9O/c1-25-16-7-11(23)6-15-17-19(29-18(15)16)30-22(31-20(17)32-5-4-12(24)10-32)33-14-8-26-21(27-9-14)28-13-2-3-13/h6-9,12-13,25H,2-5,10,24H2,1H3,(H,26,27,28)(H,29,30,31)/t12-/m0/s1. The maximum atomic E-state index is 14.4. The number of nitrogens with one attached hydrogen (secondary N) is 3. The number of hydrogen-bond acceptors (Lipinski definition) is 9. The summed E-state index contributed by atoms with van der Waals surface area (Å²) in [6.45, 7) is 1.40. The van der Waals surface area contributed by atoms with E-state index in [1.54, 1.807) is 19.4 Å². The molecule has 2 aliphatic rings. The number of aromatic amines is 1. The lowest BCUT2D eigenvalue weighted by Crippen LogP contribution is -2.27. The van der Waals surface area contributed by atoms with Gasteiger partial charge in [0.1, 0.15) is 17.3 Å². The number of benzene rings is 1. The van der Waals surface area contributed by atoms with Crippen LogP contribution in [0.2, 0.25) is 0 Å². The zero-order valence-electron chi connectivity index (χ0n) is 18.1. The van der Waals surface area contributed by atoms with Gasteiger partial charge >= 0.3 is 6.01 Å². The molecule has 6 rings (SSSR count). The Morgan fingerprint density at radius 3 is 2.70 bits per heavy atom. The van der Waals surface area contributed by atoms with Crippen molar-refractivity contribution in [3.8, 4) is 11.8 Å². The Labute approximate surface area is 188 Å². The molecule has 0 unspecified atom stereocenters. The van der Waals surface area contributed by atoms with Gasteiger partial charge < -0.3 is 31.0 Å². The molecule has 2 fully saturated rings. The summed E-state index contributed by atoms with van der Waals surface area (Å²) in [6, 6.07) is 3.61. The predicted molar refractivity (Wildman–Crippen MR) is 124 cm³/mol. The topological polar surface area (TPSA) is 130 Å². The van der Waals surface area contributed by atoms with E-state index in [1.165, 1.54) is 12.1 Å². The molecule has 1 saturated carbocycles. The average molecular weight is 449 g/mol. The molecule has 1 aromatic carbocycles. The van der Waals surface area contributed by atoms with E-state index in [0.29, 0.717) is 46.8 Å². The van der Waals surface area contributed by atoms with E-state index < -0.39 is 0 Å². The fraction of sp³-hybridized carbons (Fsp3) is 0.364. The second-order valence-corrected chi connectivity index (χ2v) is 8.56. The van der Waals surface area contributed by atoms with Gasteiger partial charge in [0.2, 0.25) is 5.95 Å². The largest absolute Gasteiger partial charge is 0.421 e. The SMILES string of the molecule is CNc1cc(F)cc2c1[nH]c1nc(Oc3cnc(NC4CC4)nc3)nc(N3CC[C@H](N)C3)c12. The Bertz CT molecular complexity index is 1340. The lowest BCUT2D eigenvalue weighted by Gasteiger charge is -2.18. The molecule has 1 saturated heterocycles. The highest BCUT2D eigenvalue weighted by Crippen LogP contribution is 2.38. The maximum Gasteiger partial charge on any atom is 0.326 e. The fourth-order valence-corrected chi connectivity index (χ4v) is 4.23. The fourth-order valence-electron chi connectivity index (χ4n) is 4.23.